The first-order chi connectivity index (χ1) is 7.79. The predicted octanol–water partition coefficient (Wildman–Crippen LogP) is 1.87. The van der Waals surface area contributed by atoms with Gasteiger partial charge in [0.15, 0.2) is 0 Å². The van der Waals surface area contributed by atoms with Crippen molar-refractivity contribution in [2.75, 3.05) is 6.54 Å². The fourth-order valence-electron chi connectivity index (χ4n) is 2.64. The smallest absolute Gasteiger partial charge is 0.124 e. The van der Waals surface area contributed by atoms with Crippen LogP contribution in [0.5, 0.6) is 5.75 Å². The number of nitrogens with two attached hydrogens (primary N) is 1. The molecule has 1 atom stereocenters. The Morgan fingerprint density at radius 2 is 2.31 bits per heavy atom. The number of hydrogen-bond acceptors (Lipinski definition) is 2. The van der Waals surface area contributed by atoms with Gasteiger partial charge in [-0.2, -0.15) is 0 Å². The summed E-state index contributed by atoms with van der Waals surface area (Å²) in [4.78, 5) is 0. The molecule has 16 heavy (non-hydrogen) atoms. The molecule has 0 fully saturated rings. The Balaban J connectivity index is 2.18. The van der Waals surface area contributed by atoms with Crippen molar-refractivity contribution in [1.29, 1.82) is 0 Å². The quantitative estimate of drug-likeness (QED) is 0.764. The number of benzene rings is 1. The van der Waals surface area contributed by atoms with Crippen molar-refractivity contribution < 1.29 is 5.11 Å². The minimum absolute atomic E-state index is 0.378. The number of phenols is 1. The molecule has 0 saturated carbocycles. The lowest BCUT2D eigenvalue weighted by molar-refractivity contribution is 0.385. The van der Waals surface area contributed by atoms with Gasteiger partial charge in [-0.3, -0.25) is 0 Å². The zero-order valence-corrected chi connectivity index (χ0v) is 9.19. The van der Waals surface area contributed by atoms with Crippen LogP contribution in [-0.4, -0.2) is 16.2 Å². The van der Waals surface area contributed by atoms with Crippen LogP contribution in [0.15, 0.2) is 24.3 Å². The van der Waals surface area contributed by atoms with Crippen molar-refractivity contribution in [3.8, 4) is 5.75 Å². The normalized spacial score (nSPS) is 19.9. The second-order valence-corrected chi connectivity index (χ2v) is 4.60. The van der Waals surface area contributed by atoms with Crippen LogP contribution in [0, 0.1) is 5.92 Å². The highest BCUT2D eigenvalue weighted by molar-refractivity contribution is 5.87. The molecule has 0 amide bonds. The van der Waals surface area contributed by atoms with Crippen LogP contribution >= 0.6 is 0 Å². The van der Waals surface area contributed by atoms with Gasteiger partial charge in [-0.05, 0) is 43.5 Å². The summed E-state index contributed by atoms with van der Waals surface area (Å²) in [7, 11) is 0. The lowest BCUT2D eigenvalue weighted by Crippen LogP contribution is -2.25. The Kier molecular flexibility index (Phi) is 2.14. The fourth-order valence-corrected chi connectivity index (χ4v) is 2.64. The van der Waals surface area contributed by atoms with Crippen LogP contribution in [0.3, 0.4) is 0 Å². The van der Waals surface area contributed by atoms with Gasteiger partial charge in [0, 0.05) is 17.6 Å². The summed E-state index contributed by atoms with van der Waals surface area (Å²) >= 11 is 0. The molecule has 0 radical (unpaired) electrons. The maximum atomic E-state index is 9.81. The van der Waals surface area contributed by atoms with Gasteiger partial charge in [0.1, 0.15) is 5.75 Å². The maximum absolute atomic E-state index is 9.81. The van der Waals surface area contributed by atoms with Crippen LogP contribution < -0.4 is 5.73 Å². The second-order valence-electron chi connectivity index (χ2n) is 4.60. The van der Waals surface area contributed by atoms with E-state index in [1.807, 2.05) is 6.07 Å². The van der Waals surface area contributed by atoms with Crippen molar-refractivity contribution in [1.82, 2.24) is 4.57 Å². The van der Waals surface area contributed by atoms with Crippen LogP contribution in [0.25, 0.3) is 10.9 Å². The van der Waals surface area contributed by atoms with E-state index in [-0.39, 0.29) is 0 Å². The molecule has 0 spiro atoms. The third kappa shape index (κ3) is 1.32. The van der Waals surface area contributed by atoms with Gasteiger partial charge in [0.05, 0.1) is 5.52 Å². The molecule has 3 rings (SSSR count). The molecule has 1 aromatic carbocycles. The number of aromatic hydroxyl groups is 1. The average molecular weight is 216 g/mol. The Hall–Kier alpha value is -1.48. The number of nitrogens with zero attached hydrogens (tertiary/aromatic N) is 1. The standard InChI is InChI=1S/C13H16N2O/c14-7-9-4-5-10-6-11-12(15(10)8-9)2-1-3-13(11)16/h1-3,6,9,16H,4-5,7-8,14H2. The zero-order valence-electron chi connectivity index (χ0n) is 9.19. The molecule has 1 aromatic heterocycles. The highest BCUT2D eigenvalue weighted by Crippen LogP contribution is 2.32. The first kappa shape index (κ1) is 9.73. The van der Waals surface area contributed by atoms with Crippen molar-refractivity contribution in [3.05, 3.63) is 30.0 Å². The van der Waals surface area contributed by atoms with E-state index in [4.69, 9.17) is 5.73 Å². The molecule has 1 aliphatic heterocycles. The minimum Gasteiger partial charge on any atom is -0.507 e. The molecule has 0 bridgehead atoms. The minimum atomic E-state index is 0.378. The third-order valence-electron chi connectivity index (χ3n) is 3.59. The highest BCUT2D eigenvalue weighted by atomic mass is 16.3. The number of aromatic nitrogens is 1. The molecular formula is C13H16N2O. The summed E-state index contributed by atoms with van der Waals surface area (Å²) < 4.78 is 2.30. The largest absolute Gasteiger partial charge is 0.507 e. The molecule has 0 saturated heterocycles. The van der Waals surface area contributed by atoms with E-state index >= 15 is 0 Å². The Bertz CT molecular complexity index is 530. The Labute approximate surface area is 94.5 Å². The lowest BCUT2D eigenvalue weighted by Gasteiger charge is -2.24. The van der Waals surface area contributed by atoms with E-state index in [1.165, 1.54) is 5.69 Å². The number of hydrogen-bond donors (Lipinski definition) is 2. The number of rotatable bonds is 1. The molecule has 3 N–H and O–H groups in total. The number of aryl methyl sites for hydroxylation is 1. The molecule has 1 unspecified atom stereocenters. The van der Waals surface area contributed by atoms with Crippen LogP contribution in [-0.2, 0) is 13.0 Å². The van der Waals surface area contributed by atoms with E-state index < -0.39 is 0 Å². The van der Waals surface area contributed by atoms with Crippen molar-refractivity contribution in [2.24, 2.45) is 11.7 Å². The molecule has 2 aromatic rings. The number of phenolic OH excluding ortho intramolecular Hbond substituents is 1. The summed E-state index contributed by atoms with van der Waals surface area (Å²) in [6.45, 7) is 1.73. The molecule has 84 valence electrons. The van der Waals surface area contributed by atoms with E-state index in [1.54, 1.807) is 6.07 Å². The average Bonchev–Trinajstić information content (AvgIpc) is 2.68. The van der Waals surface area contributed by atoms with Gasteiger partial charge in [-0.1, -0.05) is 6.07 Å². The van der Waals surface area contributed by atoms with Gasteiger partial charge in [0.25, 0.3) is 0 Å². The van der Waals surface area contributed by atoms with Gasteiger partial charge < -0.3 is 15.4 Å². The second kappa shape index (κ2) is 3.52. The predicted molar refractivity (Wildman–Crippen MR) is 64.5 cm³/mol. The van der Waals surface area contributed by atoms with Crippen LogP contribution in [0.1, 0.15) is 12.1 Å². The maximum Gasteiger partial charge on any atom is 0.124 e. The Morgan fingerprint density at radius 1 is 1.44 bits per heavy atom. The van der Waals surface area contributed by atoms with Gasteiger partial charge in [-0.25, -0.2) is 0 Å². The van der Waals surface area contributed by atoms with Crippen LogP contribution in [0.2, 0.25) is 0 Å². The first-order valence-corrected chi connectivity index (χ1v) is 5.79. The summed E-state index contributed by atoms with van der Waals surface area (Å²) in [6.07, 6.45) is 2.23. The molecular weight excluding hydrogens is 200 g/mol. The molecule has 0 aliphatic carbocycles. The molecule has 2 heterocycles. The monoisotopic (exact) mass is 216 g/mol. The van der Waals surface area contributed by atoms with Crippen LogP contribution in [0.4, 0.5) is 0 Å². The van der Waals surface area contributed by atoms with Crippen molar-refractivity contribution >= 4 is 10.9 Å². The SMILES string of the molecule is NCC1CCc2cc3c(O)cccc3n2C1. The van der Waals surface area contributed by atoms with Gasteiger partial charge in [0.2, 0.25) is 0 Å². The van der Waals surface area contributed by atoms with Gasteiger partial charge in [-0.15, -0.1) is 0 Å². The summed E-state index contributed by atoms with van der Waals surface area (Å²) in [6, 6.07) is 7.82. The number of fused-ring (bicyclic) bond motifs is 3. The van der Waals surface area contributed by atoms with E-state index in [2.05, 4.69) is 16.7 Å². The fraction of sp³-hybridized carbons (Fsp3) is 0.385. The summed E-state index contributed by atoms with van der Waals surface area (Å²) in [5.41, 5.74) is 8.19. The molecule has 3 heteroatoms. The van der Waals surface area contributed by atoms with Crippen molar-refractivity contribution in [2.45, 2.75) is 19.4 Å². The molecule has 3 nitrogen and oxygen atoms in total. The third-order valence-corrected chi connectivity index (χ3v) is 3.59. The van der Waals surface area contributed by atoms with Crippen molar-refractivity contribution in [3.63, 3.8) is 0 Å². The van der Waals surface area contributed by atoms with E-state index in [0.29, 0.717) is 11.7 Å². The zero-order chi connectivity index (χ0) is 11.1. The van der Waals surface area contributed by atoms with E-state index in [0.717, 1.165) is 36.8 Å². The Morgan fingerprint density at radius 3 is 3.12 bits per heavy atom. The summed E-state index contributed by atoms with van der Waals surface area (Å²) in [5.74, 6) is 0.953. The highest BCUT2D eigenvalue weighted by Gasteiger charge is 2.20. The van der Waals surface area contributed by atoms with Gasteiger partial charge >= 0.3 is 0 Å². The topological polar surface area (TPSA) is 51.2 Å². The van der Waals surface area contributed by atoms with E-state index in [9.17, 15) is 5.11 Å². The molecule has 1 aliphatic rings. The summed E-state index contributed by atoms with van der Waals surface area (Å²) in [5, 5.41) is 10.8. The first-order valence-electron chi connectivity index (χ1n) is 5.79. The lowest BCUT2D eigenvalue weighted by atomic mass is 9.98.